The average Bonchev–Trinajstić information content (AvgIpc) is 2.76. The number of nitrogens with one attached hydrogen (secondary N) is 1. The van der Waals surface area contributed by atoms with E-state index in [0.717, 1.165) is 29.8 Å². The summed E-state index contributed by atoms with van der Waals surface area (Å²) in [5.41, 5.74) is 3.13. The van der Waals surface area contributed by atoms with Gasteiger partial charge in [0.25, 0.3) is 0 Å². The van der Waals surface area contributed by atoms with Crippen LogP contribution in [0.4, 0.5) is 0 Å². The Kier molecular flexibility index (Phi) is 9.33. The van der Waals surface area contributed by atoms with E-state index in [9.17, 15) is 8.42 Å². The maximum absolute atomic E-state index is 12.6. The summed E-state index contributed by atoms with van der Waals surface area (Å²) in [6, 6.07) is 10.6. The summed E-state index contributed by atoms with van der Waals surface area (Å²) in [5.74, 6) is 0.0473. The van der Waals surface area contributed by atoms with Gasteiger partial charge in [-0.3, -0.25) is 0 Å². The quantitative estimate of drug-likeness (QED) is 0.459. The van der Waals surface area contributed by atoms with Gasteiger partial charge in [-0.2, -0.15) is 0 Å². The maximum Gasteiger partial charge on any atom is 0.240 e. The molecule has 0 radical (unpaired) electrons. The SMILES string of the molecule is CN1Cc2c(Cl)cc(Cl)cc2C(c2ccc(S(=O)(=O)NCCOCCOCCO)cc2)C1. The average molecular weight is 503 g/mol. The maximum atomic E-state index is 12.6. The topological polar surface area (TPSA) is 88.1 Å². The second kappa shape index (κ2) is 11.8. The number of fused-ring (bicyclic) bond motifs is 1. The Morgan fingerprint density at radius 1 is 1.09 bits per heavy atom. The summed E-state index contributed by atoms with van der Waals surface area (Å²) in [6.45, 7) is 2.82. The highest BCUT2D eigenvalue weighted by molar-refractivity contribution is 7.89. The highest BCUT2D eigenvalue weighted by atomic mass is 35.5. The van der Waals surface area contributed by atoms with Crippen LogP contribution in [0.3, 0.4) is 0 Å². The van der Waals surface area contributed by atoms with Gasteiger partial charge < -0.3 is 19.5 Å². The van der Waals surface area contributed by atoms with Crippen LogP contribution in [0, 0.1) is 0 Å². The predicted octanol–water partition coefficient (Wildman–Crippen LogP) is 2.87. The Morgan fingerprint density at radius 3 is 2.47 bits per heavy atom. The number of halogens is 2. The van der Waals surface area contributed by atoms with Crippen molar-refractivity contribution >= 4 is 33.2 Å². The van der Waals surface area contributed by atoms with Gasteiger partial charge in [0.2, 0.25) is 10.0 Å². The first-order valence-corrected chi connectivity index (χ1v) is 12.6. The first-order valence-electron chi connectivity index (χ1n) is 10.3. The van der Waals surface area contributed by atoms with Gasteiger partial charge in [-0.25, -0.2) is 13.1 Å². The predicted molar refractivity (Wildman–Crippen MR) is 125 cm³/mol. The van der Waals surface area contributed by atoms with Crippen LogP contribution in [-0.2, 0) is 26.0 Å². The number of rotatable bonds is 11. The summed E-state index contributed by atoms with van der Waals surface area (Å²) in [7, 11) is -1.61. The van der Waals surface area contributed by atoms with E-state index in [1.165, 1.54) is 0 Å². The zero-order chi connectivity index (χ0) is 23.1. The molecule has 32 heavy (non-hydrogen) atoms. The van der Waals surface area contributed by atoms with Crippen molar-refractivity contribution in [1.82, 2.24) is 9.62 Å². The van der Waals surface area contributed by atoms with Crippen molar-refractivity contribution in [1.29, 1.82) is 0 Å². The van der Waals surface area contributed by atoms with Crippen LogP contribution in [0.5, 0.6) is 0 Å². The monoisotopic (exact) mass is 502 g/mol. The summed E-state index contributed by atoms with van der Waals surface area (Å²) < 4.78 is 38.1. The van der Waals surface area contributed by atoms with E-state index in [1.54, 1.807) is 18.2 Å². The molecule has 1 aliphatic rings. The van der Waals surface area contributed by atoms with Gasteiger partial charge in [-0.15, -0.1) is 0 Å². The highest BCUT2D eigenvalue weighted by Gasteiger charge is 2.27. The van der Waals surface area contributed by atoms with Crippen LogP contribution < -0.4 is 4.72 Å². The fraction of sp³-hybridized carbons (Fsp3) is 0.455. The van der Waals surface area contributed by atoms with Crippen molar-refractivity contribution in [2.45, 2.75) is 17.4 Å². The molecule has 0 saturated carbocycles. The van der Waals surface area contributed by atoms with Crippen LogP contribution in [0.25, 0.3) is 0 Å². The number of sulfonamides is 1. The molecule has 2 aromatic rings. The Hall–Kier alpha value is -1.23. The van der Waals surface area contributed by atoms with Crippen molar-refractivity contribution < 1.29 is 23.0 Å². The number of ether oxygens (including phenoxy) is 2. The molecule has 0 amide bonds. The fourth-order valence-corrected chi connectivity index (χ4v) is 5.31. The molecule has 0 fully saturated rings. The van der Waals surface area contributed by atoms with E-state index >= 15 is 0 Å². The molecule has 0 bridgehead atoms. The summed E-state index contributed by atoms with van der Waals surface area (Å²) in [6.07, 6.45) is 0. The van der Waals surface area contributed by atoms with E-state index < -0.39 is 10.0 Å². The Morgan fingerprint density at radius 2 is 1.78 bits per heavy atom. The number of nitrogens with zero attached hydrogens (tertiary/aromatic N) is 1. The zero-order valence-electron chi connectivity index (χ0n) is 17.9. The zero-order valence-corrected chi connectivity index (χ0v) is 20.2. The molecule has 176 valence electrons. The van der Waals surface area contributed by atoms with E-state index in [2.05, 4.69) is 9.62 Å². The molecule has 1 unspecified atom stereocenters. The van der Waals surface area contributed by atoms with E-state index in [4.69, 9.17) is 37.8 Å². The molecule has 0 spiro atoms. The van der Waals surface area contributed by atoms with Crippen molar-refractivity contribution in [3.63, 3.8) is 0 Å². The van der Waals surface area contributed by atoms with Crippen LogP contribution in [0.1, 0.15) is 22.6 Å². The standard InChI is InChI=1S/C22H28Cl2N2O5S/c1-26-14-20(19-12-17(23)13-22(24)21(19)15-26)16-2-4-18(5-3-16)32(28,29)25-6-8-30-10-11-31-9-7-27/h2-5,12-13,20,25,27H,6-11,14-15H2,1H3. The first kappa shape index (κ1) is 25.4. The summed E-state index contributed by atoms with van der Waals surface area (Å²) in [4.78, 5) is 2.38. The third-order valence-electron chi connectivity index (χ3n) is 5.23. The molecule has 10 heteroatoms. The highest BCUT2D eigenvalue weighted by Crippen LogP contribution is 2.38. The van der Waals surface area contributed by atoms with Gasteiger partial charge in [0.05, 0.1) is 37.9 Å². The Balaban J connectivity index is 1.63. The van der Waals surface area contributed by atoms with Crippen LogP contribution >= 0.6 is 23.2 Å². The molecule has 1 heterocycles. The molecule has 1 atom stereocenters. The lowest BCUT2D eigenvalue weighted by molar-refractivity contribution is 0.0348. The molecular weight excluding hydrogens is 475 g/mol. The minimum Gasteiger partial charge on any atom is -0.394 e. The lowest BCUT2D eigenvalue weighted by Gasteiger charge is -2.33. The van der Waals surface area contributed by atoms with Crippen LogP contribution in [0.15, 0.2) is 41.3 Å². The first-order chi connectivity index (χ1) is 15.3. The molecule has 2 aromatic carbocycles. The van der Waals surface area contributed by atoms with Crippen molar-refractivity contribution in [3.05, 3.63) is 63.1 Å². The largest absolute Gasteiger partial charge is 0.394 e. The lowest BCUT2D eigenvalue weighted by atomic mass is 9.85. The molecule has 7 nitrogen and oxygen atoms in total. The van der Waals surface area contributed by atoms with Gasteiger partial charge >= 0.3 is 0 Å². The second-order valence-corrected chi connectivity index (χ2v) is 10.2. The summed E-state index contributed by atoms with van der Waals surface area (Å²) >= 11 is 12.7. The molecule has 1 aliphatic heterocycles. The van der Waals surface area contributed by atoms with Gasteiger partial charge in [-0.1, -0.05) is 35.3 Å². The number of aliphatic hydroxyl groups excluding tert-OH is 1. The Labute approximate surface area is 199 Å². The van der Waals surface area contributed by atoms with E-state index in [-0.39, 0.29) is 37.2 Å². The molecular formula is C22H28Cl2N2O5S. The number of likely N-dealkylation sites (N-methyl/N-ethyl adjacent to an activating group) is 1. The molecule has 0 aromatic heterocycles. The van der Waals surface area contributed by atoms with Gasteiger partial charge in [-0.05, 0) is 48.0 Å². The minimum atomic E-state index is -3.64. The molecule has 0 aliphatic carbocycles. The number of benzene rings is 2. The molecule has 3 rings (SSSR count). The van der Waals surface area contributed by atoms with Crippen molar-refractivity contribution in [2.24, 2.45) is 0 Å². The number of hydrogen-bond acceptors (Lipinski definition) is 6. The Bertz CT molecular complexity index is 1000. The number of aliphatic hydroxyl groups is 1. The molecule has 0 saturated heterocycles. The number of hydrogen-bond donors (Lipinski definition) is 2. The normalized spacial score (nSPS) is 16.8. The van der Waals surface area contributed by atoms with Crippen LogP contribution in [-0.4, -0.2) is 71.6 Å². The second-order valence-electron chi connectivity index (χ2n) is 7.62. The van der Waals surface area contributed by atoms with Gasteiger partial charge in [0.1, 0.15) is 0 Å². The van der Waals surface area contributed by atoms with Gasteiger partial charge in [0.15, 0.2) is 0 Å². The van der Waals surface area contributed by atoms with Crippen LogP contribution in [0.2, 0.25) is 10.0 Å². The van der Waals surface area contributed by atoms with Crippen molar-refractivity contribution in [3.8, 4) is 0 Å². The summed E-state index contributed by atoms with van der Waals surface area (Å²) in [5, 5.41) is 9.86. The minimum absolute atomic E-state index is 0.0377. The molecule has 2 N–H and O–H groups in total. The van der Waals surface area contributed by atoms with Crippen molar-refractivity contribution in [2.75, 3.05) is 53.2 Å². The smallest absolute Gasteiger partial charge is 0.240 e. The fourth-order valence-electron chi connectivity index (χ4n) is 3.73. The van der Waals surface area contributed by atoms with E-state index in [1.807, 2.05) is 25.2 Å². The third-order valence-corrected chi connectivity index (χ3v) is 7.26. The van der Waals surface area contributed by atoms with E-state index in [0.29, 0.717) is 23.3 Å². The third kappa shape index (κ3) is 6.65. The van der Waals surface area contributed by atoms with Gasteiger partial charge in [0, 0.05) is 35.6 Å². The lowest BCUT2D eigenvalue weighted by Crippen LogP contribution is -2.31.